The number of nitrogens with one attached hydrogen (secondary N) is 2. The fourth-order valence-electron chi connectivity index (χ4n) is 1.97. The van der Waals surface area contributed by atoms with Gasteiger partial charge in [-0.15, -0.1) is 0 Å². The fraction of sp³-hybridized carbons (Fsp3) is 0.176. The molecule has 2 aromatic rings. The van der Waals surface area contributed by atoms with Crippen LogP contribution in [0.2, 0.25) is 10.0 Å². The summed E-state index contributed by atoms with van der Waals surface area (Å²) in [5.74, 6) is -0.180. The van der Waals surface area contributed by atoms with Gasteiger partial charge in [0, 0.05) is 29.9 Å². The van der Waals surface area contributed by atoms with Crippen LogP contribution in [-0.4, -0.2) is 18.2 Å². The minimum absolute atomic E-state index is 0.0395. The van der Waals surface area contributed by atoms with Crippen molar-refractivity contribution < 1.29 is 9.59 Å². The Balaban J connectivity index is 1.84. The molecule has 0 spiro atoms. The molecule has 2 N–H and O–H groups in total. The zero-order valence-corrected chi connectivity index (χ0v) is 14.0. The van der Waals surface area contributed by atoms with Crippen LogP contribution >= 0.6 is 23.2 Å². The lowest BCUT2D eigenvalue weighted by molar-refractivity contribution is -0.115. The molecule has 0 radical (unpaired) electrons. The summed E-state index contributed by atoms with van der Waals surface area (Å²) in [6, 6.07) is 12.0. The number of ketones is 1. The number of rotatable bonds is 6. The van der Waals surface area contributed by atoms with Crippen molar-refractivity contribution in [3.63, 3.8) is 0 Å². The predicted molar refractivity (Wildman–Crippen MR) is 94.6 cm³/mol. The Kier molecular flexibility index (Phi) is 6.02. The van der Waals surface area contributed by atoms with Crippen LogP contribution in [0.25, 0.3) is 0 Å². The Labute approximate surface area is 144 Å². The molecule has 0 heterocycles. The van der Waals surface area contributed by atoms with Gasteiger partial charge in [0.05, 0.1) is 10.0 Å². The highest BCUT2D eigenvalue weighted by Gasteiger charge is 2.05. The third-order valence-electron chi connectivity index (χ3n) is 3.15. The van der Waals surface area contributed by atoms with Gasteiger partial charge >= 0.3 is 0 Å². The topological polar surface area (TPSA) is 58.2 Å². The van der Waals surface area contributed by atoms with E-state index in [1.165, 1.54) is 6.92 Å². The molecule has 4 nitrogen and oxygen atoms in total. The average Bonchev–Trinajstić information content (AvgIpc) is 2.51. The van der Waals surface area contributed by atoms with Crippen LogP contribution in [0, 0.1) is 0 Å². The largest absolute Gasteiger partial charge is 0.384 e. The molecular formula is C17H16Cl2N2O2. The van der Waals surface area contributed by atoms with E-state index in [2.05, 4.69) is 10.6 Å². The van der Waals surface area contributed by atoms with E-state index in [0.717, 1.165) is 5.69 Å². The van der Waals surface area contributed by atoms with Crippen molar-refractivity contribution >= 4 is 46.3 Å². The van der Waals surface area contributed by atoms with Crippen molar-refractivity contribution in [1.29, 1.82) is 0 Å². The number of benzene rings is 2. The molecule has 0 bridgehead atoms. The van der Waals surface area contributed by atoms with Gasteiger partial charge in [0.15, 0.2) is 5.78 Å². The maximum absolute atomic E-state index is 11.9. The van der Waals surface area contributed by atoms with Crippen molar-refractivity contribution in [3.05, 3.63) is 58.1 Å². The number of amides is 1. The minimum Gasteiger partial charge on any atom is -0.384 e. The Hall–Kier alpha value is -2.04. The standard InChI is InChI=1S/C17H16Cl2N2O2/c1-11(22)12-3-2-4-14(9-12)21-17(23)7-8-20-13-5-6-15(18)16(19)10-13/h2-6,9-10,20H,7-8H2,1H3,(H,21,23). The smallest absolute Gasteiger partial charge is 0.226 e. The minimum atomic E-state index is -0.140. The van der Waals surface area contributed by atoms with Crippen molar-refractivity contribution in [2.45, 2.75) is 13.3 Å². The molecule has 0 aliphatic carbocycles. The van der Waals surface area contributed by atoms with Crippen LogP contribution in [0.4, 0.5) is 11.4 Å². The Bertz CT molecular complexity index is 732. The molecule has 0 aromatic heterocycles. The molecule has 120 valence electrons. The van der Waals surface area contributed by atoms with Gasteiger partial charge in [-0.1, -0.05) is 35.3 Å². The van der Waals surface area contributed by atoms with Crippen LogP contribution < -0.4 is 10.6 Å². The first-order valence-electron chi connectivity index (χ1n) is 7.05. The lowest BCUT2D eigenvalue weighted by atomic mass is 10.1. The Morgan fingerprint density at radius 2 is 1.78 bits per heavy atom. The zero-order valence-electron chi connectivity index (χ0n) is 12.5. The summed E-state index contributed by atoms with van der Waals surface area (Å²) in [5.41, 5.74) is 1.97. The second-order valence-corrected chi connectivity index (χ2v) is 5.81. The number of carbonyl (C=O) groups excluding carboxylic acids is 2. The van der Waals surface area contributed by atoms with E-state index in [-0.39, 0.29) is 18.1 Å². The van der Waals surface area contributed by atoms with Crippen LogP contribution in [0.3, 0.4) is 0 Å². The first kappa shape index (κ1) is 17.3. The number of hydrogen-bond acceptors (Lipinski definition) is 3. The quantitative estimate of drug-likeness (QED) is 0.746. The highest BCUT2D eigenvalue weighted by atomic mass is 35.5. The Morgan fingerprint density at radius 1 is 1.00 bits per heavy atom. The van der Waals surface area contributed by atoms with E-state index in [1.54, 1.807) is 42.5 Å². The van der Waals surface area contributed by atoms with E-state index in [0.29, 0.717) is 27.8 Å². The number of carbonyl (C=O) groups is 2. The molecule has 2 rings (SSSR count). The van der Waals surface area contributed by atoms with Gasteiger partial charge in [-0.05, 0) is 37.3 Å². The molecule has 2 aromatic carbocycles. The summed E-state index contributed by atoms with van der Waals surface area (Å²) in [6.45, 7) is 1.94. The van der Waals surface area contributed by atoms with Gasteiger partial charge in [0.1, 0.15) is 0 Å². The third-order valence-corrected chi connectivity index (χ3v) is 3.89. The van der Waals surface area contributed by atoms with E-state index in [1.807, 2.05) is 0 Å². The van der Waals surface area contributed by atoms with Gasteiger partial charge in [0.25, 0.3) is 0 Å². The van der Waals surface area contributed by atoms with Gasteiger partial charge in [0.2, 0.25) is 5.91 Å². The van der Waals surface area contributed by atoms with Crippen LogP contribution in [0.5, 0.6) is 0 Å². The summed E-state index contributed by atoms with van der Waals surface area (Å²) >= 11 is 11.8. The maximum Gasteiger partial charge on any atom is 0.226 e. The van der Waals surface area contributed by atoms with E-state index >= 15 is 0 Å². The van der Waals surface area contributed by atoms with Gasteiger partial charge in [-0.2, -0.15) is 0 Å². The van der Waals surface area contributed by atoms with Crippen LogP contribution in [0.1, 0.15) is 23.7 Å². The summed E-state index contributed by atoms with van der Waals surface area (Å²) in [7, 11) is 0. The molecular weight excluding hydrogens is 335 g/mol. The lowest BCUT2D eigenvalue weighted by Gasteiger charge is -2.09. The fourth-order valence-corrected chi connectivity index (χ4v) is 2.26. The van der Waals surface area contributed by atoms with Crippen molar-refractivity contribution in [3.8, 4) is 0 Å². The van der Waals surface area contributed by atoms with Gasteiger partial charge in [-0.25, -0.2) is 0 Å². The second-order valence-electron chi connectivity index (χ2n) is 4.99. The molecule has 0 fully saturated rings. The molecule has 0 aliphatic heterocycles. The van der Waals surface area contributed by atoms with Crippen LogP contribution in [-0.2, 0) is 4.79 Å². The number of halogens is 2. The zero-order chi connectivity index (χ0) is 16.8. The Morgan fingerprint density at radius 3 is 2.48 bits per heavy atom. The molecule has 0 unspecified atom stereocenters. The van der Waals surface area contributed by atoms with Crippen LogP contribution in [0.15, 0.2) is 42.5 Å². The predicted octanol–water partition coefficient (Wildman–Crippen LogP) is 4.64. The van der Waals surface area contributed by atoms with E-state index in [9.17, 15) is 9.59 Å². The van der Waals surface area contributed by atoms with Crippen molar-refractivity contribution in [2.75, 3.05) is 17.2 Å². The molecule has 1 amide bonds. The van der Waals surface area contributed by atoms with Gasteiger partial charge < -0.3 is 10.6 Å². The molecule has 0 atom stereocenters. The number of anilines is 2. The number of Topliss-reactive ketones (excluding diaryl/α,β-unsaturated/α-hetero) is 1. The maximum atomic E-state index is 11.9. The molecule has 23 heavy (non-hydrogen) atoms. The van der Waals surface area contributed by atoms with Crippen molar-refractivity contribution in [1.82, 2.24) is 0 Å². The van der Waals surface area contributed by atoms with E-state index in [4.69, 9.17) is 23.2 Å². The second kappa shape index (κ2) is 7.99. The molecule has 0 saturated carbocycles. The molecule has 0 aliphatic rings. The molecule has 6 heteroatoms. The summed E-state index contributed by atoms with van der Waals surface area (Å²) in [5, 5.41) is 6.81. The summed E-state index contributed by atoms with van der Waals surface area (Å²) in [6.07, 6.45) is 0.282. The summed E-state index contributed by atoms with van der Waals surface area (Å²) < 4.78 is 0. The van der Waals surface area contributed by atoms with E-state index < -0.39 is 0 Å². The molecule has 0 saturated heterocycles. The summed E-state index contributed by atoms with van der Waals surface area (Å²) in [4.78, 5) is 23.2. The average molecular weight is 351 g/mol. The highest BCUT2D eigenvalue weighted by Crippen LogP contribution is 2.24. The SMILES string of the molecule is CC(=O)c1cccc(NC(=O)CCNc2ccc(Cl)c(Cl)c2)c1. The van der Waals surface area contributed by atoms with Gasteiger partial charge in [-0.3, -0.25) is 9.59 Å². The monoisotopic (exact) mass is 350 g/mol. The van der Waals surface area contributed by atoms with Crippen molar-refractivity contribution in [2.24, 2.45) is 0 Å². The number of hydrogen-bond donors (Lipinski definition) is 2. The lowest BCUT2D eigenvalue weighted by Crippen LogP contribution is -2.16. The first-order chi connectivity index (χ1) is 11.0. The third kappa shape index (κ3) is 5.27. The normalized spacial score (nSPS) is 10.2. The highest BCUT2D eigenvalue weighted by molar-refractivity contribution is 6.42. The first-order valence-corrected chi connectivity index (χ1v) is 7.81.